The quantitative estimate of drug-likeness (QED) is 0.376. The van der Waals surface area contributed by atoms with Gasteiger partial charge >= 0.3 is 0 Å². The molecule has 3 aromatic rings. The first kappa shape index (κ1) is 27.5. The molecule has 1 amide bonds. The number of thioether (sulfide) groups is 1. The zero-order chi connectivity index (χ0) is 26.0. The summed E-state index contributed by atoms with van der Waals surface area (Å²) in [5, 5.41) is 21.7. The van der Waals surface area contributed by atoms with Crippen LogP contribution in [0.5, 0.6) is 0 Å². The predicted octanol–water partition coefficient (Wildman–Crippen LogP) is 4.73. The van der Waals surface area contributed by atoms with Gasteiger partial charge in [-0.2, -0.15) is 10.5 Å². The zero-order valence-corrected chi connectivity index (χ0v) is 21.8. The number of rotatable bonds is 6. The Morgan fingerprint density at radius 3 is 2.00 bits per heavy atom. The first-order chi connectivity index (χ1) is 16.7. The lowest BCUT2D eigenvalue weighted by Gasteiger charge is -2.15. The summed E-state index contributed by atoms with van der Waals surface area (Å²) in [6.07, 6.45) is 3.23. The molecule has 2 heterocycles. The van der Waals surface area contributed by atoms with E-state index >= 15 is 0 Å². The average molecular weight is 508 g/mol. The van der Waals surface area contributed by atoms with Gasteiger partial charge in [-0.25, -0.2) is 9.97 Å². The average Bonchev–Trinajstić information content (AvgIpc) is 2.84. The Balaban J connectivity index is 0.000000303. The van der Waals surface area contributed by atoms with Crippen molar-refractivity contribution in [2.45, 2.75) is 11.9 Å². The van der Waals surface area contributed by atoms with Crippen molar-refractivity contribution in [3.05, 3.63) is 70.6 Å². The molecule has 1 aromatic carbocycles. The molecular formula is C25H26ClN7OS. The summed E-state index contributed by atoms with van der Waals surface area (Å²) in [6.45, 7) is 1.99. The number of hydrogen-bond donors (Lipinski definition) is 1. The Morgan fingerprint density at radius 1 is 0.943 bits per heavy atom. The number of anilines is 3. The van der Waals surface area contributed by atoms with Gasteiger partial charge in [-0.3, -0.25) is 4.79 Å². The van der Waals surface area contributed by atoms with Crippen molar-refractivity contribution >= 4 is 46.3 Å². The van der Waals surface area contributed by atoms with Crippen molar-refractivity contribution in [2.75, 3.05) is 49.1 Å². The third-order valence-electron chi connectivity index (χ3n) is 4.64. The van der Waals surface area contributed by atoms with E-state index in [0.717, 1.165) is 22.6 Å². The Kier molecular flexibility index (Phi) is 10.3. The molecule has 8 nitrogen and oxygen atoms in total. The lowest BCUT2D eigenvalue weighted by atomic mass is 10.2. The second kappa shape index (κ2) is 13.2. The number of amides is 1. The molecule has 1 N–H and O–H groups in total. The topological polar surface area (TPSA) is 109 Å². The van der Waals surface area contributed by atoms with Crippen LogP contribution in [-0.4, -0.2) is 49.8 Å². The molecule has 0 aliphatic rings. The first-order valence-corrected chi connectivity index (χ1v) is 11.8. The number of pyridine rings is 2. The van der Waals surface area contributed by atoms with E-state index in [9.17, 15) is 10.1 Å². The van der Waals surface area contributed by atoms with Crippen LogP contribution in [0.1, 0.15) is 16.7 Å². The molecule has 0 saturated heterocycles. The number of nitrogens with zero attached hydrogens (tertiary/aromatic N) is 6. The summed E-state index contributed by atoms with van der Waals surface area (Å²) in [4.78, 5) is 23.7. The monoisotopic (exact) mass is 507 g/mol. The summed E-state index contributed by atoms with van der Waals surface area (Å²) in [7, 11) is 7.45. The minimum atomic E-state index is -0.125. The second-order valence-electron chi connectivity index (χ2n) is 7.72. The molecule has 0 aliphatic heterocycles. The number of benzene rings is 1. The summed E-state index contributed by atoms with van der Waals surface area (Å²) in [5.41, 5.74) is 4.40. The van der Waals surface area contributed by atoms with Crippen molar-refractivity contribution in [1.82, 2.24) is 9.97 Å². The summed E-state index contributed by atoms with van der Waals surface area (Å²) >= 11 is 6.97. The molecule has 3 rings (SSSR count). The lowest BCUT2D eigenvalue weighted by Crippen LogP contribution is -2.15. The second-order valence-corrected chi connectivity index (χ2v) is 9.04. The van der Waals surface area contributed by atoms with Crippen LogP contribution in [0.2, 0.25) is 5.15 Å². The van der Waals surface area contributed by atoms with E-state index in [1.54, 1.807) is 24.5 Å². The van der Waals surface area contributed by atoms with Crippen LogP contribution in [-0.2, 0) is 4.79 Å². The molecule has 0 spiro atoms. The molecule has 0 saturated carbocycles. The van der Waals surface area contributed by atoms with Gasteiger partial charge in [0, 0.05) is 46.3 Å². The lowest BCUT2D eigenvalue weighted by molar-refractivity contribution is -0.113. The third kappa shape index (κ3) is 7.89. The Hall–Kier alpha value is -3.79. The highest BCUT2D eigenvalue weighted by Gasteiger charge is 2.13. The number of aryl methyl sites for hydroxylation is 1. The van der Waals surface area contributed by atoms with Gasteiger partial charge in [0.05, 0.1) is 17.1 Å². The molecule has 2 aromatic heterocycles. The summed E-state index contributed by atoms with van der Waals surface area (Å²) < 4.78 is 0. The van der Waals surface area contributed by atoms with E-state index in [1.807, 2.05) is 75.2 Å². The van der Waals surface area contributed by atoms with Gasteiger partial charge < -0.3 is 15.1 Å². The fourth-order valence-corrected chi connectivity index (χ4v) is 3.86. The maximum Gasteiger partial charge on any atom is 0.234 e. The van der Waals surface area contributed by atoms with Gasteiger partial charge in [0.1, 0.15) is 33.4 Å². The zero-order valence-electron chi connectivity index (χ0n) is 20.2. The van der Waals surface area contributed by atoms with Crippen LogP contribution >= 0.6 is 23.4 Å². The molecule has 10 heteroatoms. The SMILES string of the molecule is CN(C)c1ccnc(Cl)c1C#N.Cc1ccc(NC(=O)CSc2nccc(N(C)C)c2C#N)cc1. The highest BCUT2D eigenvalue weighted by atomic mass is 35.5. The fraction of sp³-hybridized carbons (Fsp3) is 0.240. The van der Waals surface area contributed by atoms with Gasteiger partial charge in [-0.05, 0) is 31.2 Å². The molecule has 0 bridgehead atoms. The van der Waals surface area contributed by atoms with Crippen LogP contribution < -0.4 is 15.1 Å². The van der Waals surface area contributed by atoms with Gasteiger partial charge in [-0.1, -0.05) is 41.1 Å². The van der Waals surface area contributed by atoms with Gasteiger partial charge in [-0.15, -0.1) is 0 Å². The molecular weight excluding hydrogens is 482 g/mol. The molecule has 35 heavy (non-hydrogen) atoms. The normalized spacial score (nSPS) is 9.71. The van der Waals surface area contributed by atoms with E-state index in [1.165, 1.54) is 11.8 Å². The summed E-state index contributed by atoms with van der Waals surface area (Å²) in [5.74, 6) is 0.0756. The summed E-state index contributed by atoms with van der Waals surface area (Å²) in [6, 6.07) is 15.3. The third-order valence-corrected chi connectivity index (χ3v) is 5.92. The molecule has 0 fully saturated rings. The van der Waals surface area contributed by atoms with Crippen molar-refractivity contribution in [1.29, 1.82) is 10.5 Å². The van der Waals surface area contributed by atoms with E-state index in [0.29, 0.717) is 16.2 Å². The van der Waals surface area contributed by atoms with E-state index < -0.39 is 0 Å². The molecule has 0 aliphatic carbocycles. The first-order valence-electron chi connectivity index (χ1n) is 10.5. The fourth-order valence-electron chi connectivity index (χ4n) is 2.89. The van der Waals surface area contributed by atoms with E-state index in [2.05, 4.69) is 21.4 Å². The predicted molar refractivity (Wildman–Crippen MR) is 142 cm³/mol. The molecule has 0 unspecified atom stereocenters. The minimum Gasteiger partial charge on any atom is -0.376 e. The minimum absolute atomic E-state index is 0.125. The molecule has 0 radical (unpaired) electrons. The number of nitrogens with one attached hydrogen (secondary N) is 1. The number of aromatic nitrogens is 2. The number of hydrogen-bond acceptors (Lipinski definition) is 8. The van der Waals surface area contributed by atoms with Crippen molar-refractivity contribution in [3.63, 3.8) is 0 Å². The highest BCUT2D eigenvalue weighted by molar-refractivity contribution is 8.00. The largest absolute Gasteiger partial charge is 0.376 e. The Morgan fingerprint density at radius 2 is 1.49 bits per heavy atom. The van der Waals surface area contributed by atoms with E-state index in [4.69, 9.17) is 16.9 Å². The standard InChI is InChI=1S/C17H18N4OS.C8H8ClN3/c1-12-4-6-13(7-5-12)20-16(22)11-23-17-14(10-18)15(21(2)3)8-9-19-17;1-12(2)7-3-4-11-8(9)6(7)5-10/h4-9H,11H2,1-3H3,(H,20,22);3-4H,1-2H3. The number of carbonyl (C=O) groups is 1. The van der Waals surface area contributed by atoms with Crippen molar-refractivity contribution in [3.8, 4) is 12.1 Å². The van der Waals surface area contributed by atoms with Gasteiger partial charge in [0.15, 0.2) is 0 Å². The Bertz CT molecular complexity index is 1250. The van der Waals surface area contributed by atoms with Crippen molar-refractivity contribution in [2.24, 2.45) is 0 Å². The highest BCUT2D eigenvalue weighted by Crippen LogP contribution is 2.27. The van der Waals surface area contributed by atoms with Crippen LogP contribution in [0, 0.1) is 29.6 Å². The van der Waals surface area contributed by atoms with E-state index in [-0.39, 0.29) is 16.8 Å². The molecule has 180 valence electrons. The van der Waals surface area contributed by atoms with Gasteiger partial charge in [0.2, 0.25) is 5.91 Å². The number of carbonyl (C=O) groups excluding carboxylic acids is 1. The number of nitriles is 2. The maximum atomic E-state index is 12.0. The Labute approximate surface area is 215 Å². The van der Waals surface area contributed by atoms with Gasteiger partial charge in [0.25, 0.3) is 0 Å². The molecule has 0 atom stereocenters. The smallest absolute Gasteiger partial charge is 0.234 e. The van der Waals surface area contributed by atoms with Crippen LogP contribution in [0.4, 0.5) is 17.1 Å². The van der Waals surface area contributed by atoms with Crippen LogP contribution in [0.3, 0.4) is 0 Å². The maximum absolute atomic E-state index is 12.0. The number of halogens is 1. The van der Waals surface area contributed by atoms with Crippen LogP contribution in [0.25, 0.3) is 0 Å². The van der Waals surface area contributed by atoms with Crippen LogP contribution in [0.15, 0.2) is 53.8 Å². The van der Waals surface area contributed by atoms with Crippen molar-refractivity contribution < 1.29 is 4.79 Å².